The van der Waals surface area contributed by atoms with Crippen LogP contribution in [0.5, 0.6) is 0 Å². The molecule has 2 rings (SSSR count). The Bertz CT molecular complexity index is 791. The monoisotopic (exact) mass is 338 g/mol. The van der Waals surface area contributed by atoms with Gasteiger partial charge in [-0.3, -0.25) is 0 Å². The van der Waals surface area contributed by atoms with Gasteiger partial charge in [-0.1, -0.05) is 18.2 Å². The SMILES string of the molecule is COCc1ccc(NC(=O)Nc2cccc(S(=O)(=O)F)c2)cc1. The van der Waals surface area contributed by atoms with E-state index in [1.807, 2.05) is 0 Å². The molecule has 0 aromatic heterocycles. The second kappa shape index (κ2) is 7.21. The maximum atomic E-state index is 12.9. The molecule has 122 valence electrons. The van der Waals surface area contributed by atoms with E-state index >= 15 is 0 Å². The molecule has 2 amide bonds. The highest BCUT2D eigenvalue weighted by atomic mass is 32.3. The summed E-state index contributed by atoms with van der Waals surface area (Å²) in [5, 5.41) is 5.02. The van der Waals surface area contributed by atoms with E-state index in [0.717, 1.165) is 17.7 Å². The Labute approximate surface area is 133 Å². The molecule has 0 atom stereocenters. The number of carbonyl (C=O) groups excluding carboxylic acids is 1. The summed E-state index contributed by atoms with van der Waals surface area (Å²) in [5.41, 5.74) is 1.67. The molecule has 2 aromatic rings. The lowest BCUT2D eigenvalue weighted by Gasteiger charge is -2.09. The van der Waals surface area contributed by atoms with Crippen LogP contribution in [0.2, 0.25) is 0 Å². The Morgan fingerprint density at radius 2 is 1.74 bits per heavy atom. The van der Waals surface area contributed by atoms with Crippen molar-refractivity contribution in [2.45, 2.75) is 11.5 Å². The molecule has 0 radical (unpaired) electrons. The zero-order chi connectivity index (χ0) is 16.9. The number of ether oxygens (including phenoxy) is 1. The molecular weight excluding hydrogens is 323 g/mol. The molecule has 2 N–H and O–H groups in total. The molecule has 2 aromatic carbocycles. The maximum absolute atomic E-state index is 12.9. The van der Waals surface area contributed by atoms with Crippen molar-refractivity contribution in [3.63, 3.8) is 0 Å². The highest BCUT2D eigenvalue weighted by Crippen LogP contribution is 2.18. The van der Waals surface area contributed by atoms with E-state index in [4.69, 9.17) is 4.74 Å². The van der Waals surface area contributed by atoms with Crippen LogP contribution in [0, 0.1) is 0 Å². The van der Waals surface area contributed by atoms with E-state index in [0.29, 0.717) is 12.3 Å². The first-order valence-corrected chi connectivity index (χ1v) is 7.97. The Hall–Kier alpha value is -2.45. The van der Waals surface area contributed by atoms with E-state index in [1.54, 1.807) is 31.4 Å². The zero-order valence-corrected chi connectivity index (χ0v) is 13.1. The molecule has 0 aliphatic rings. The highest BCUT2D eigenvalue weighted by molar-refractivity contribution is 7.86. The lowest BCUT2D eigenvalue weighted by atomic mass is 10.2. The Balaban J connectivity index is 2.02. The number of anilines is 2. The molecular formula is C15H15FN2O4S. The zero-order valence-electron chi connectivity index (χ0n) is 12.2. The average Bonchev–Trinajstić information content (AvgIpc) is 2.49. The van der Waals surface area contributed by atoms with Crippen LogP contribution in [0.15, 0.2) is 53.4 Å². The summed E-state index contributed by atoms with van der Waals surface area (Å²) in [4.78, 5) is 11.3. The second-order valence-corrected chi connectivity index (χ2v) is 6.02. The van der Waals surface area contributed by atoms with Gasteiger partial charge in [0.05, 0.1) is 6.61 Å². The molecule has 0 fully saturated rings. The third-order valence-electron chi connectivity index (χ3n) is 2.90. The predicted octanol–water partition coefficient (Wildman–Crippen LogP) is 3.14. The molecule has 0 aliphatic carbocycles. The smallest absolute Gasteiger partial charge is 0.332 e. The van der Waals surface area contributed by atoms with Gasteiger partial charge in [-0.2, -0.15) is 8.42 Å². The number of hydrogen-bond acceptors (Lipinski definition) is 4. The minimum Gasteiger partial charge on any atom is -0.380 e. The van der Waals surface area contributed by atoms with Crippen molar-refractivity contribution in [2.24, 2.45) is 0 Å². The summed E-state index contributed by atoms with van der Waals surface area (Å²) in [5.74, 6) is 0. The van der Waals surface area contributed by atoms with Gasteiger partial charge in [-0.15, -0.1) is 3.89 Å². The lowest BCUT2D eigenvalue weighted by Crippen LogP contribution is -2.19. The number of carbonyl (C=O) groups is 1. The summed E-state index contributed by atoms with van der Waals surface area (Å²) < 4.78 is 39.6. The summed E-state index contributed by atoms with van der Waals surface area (Å²) in [7, 11) is -3.23. The van der Waals surface area contributed by atoms with Gasteiger partial charge >= 0.3 is 16.3 Å². The van der Waals surface area contributed by atoms with Gasteiger partial charge in [-0.05, 0) is 35.9 Å². The topological polar surface area (TPSA) is 84.5 Å². The predicted molar refractivity (Wildman–Crippen MR) is 84.5 cm³/mol. The van der Waals surface area contributed by atoms with Crippen LogP contribution >= 0.6 is 0 Å². The van der Waals surface area contributed by atoms with Crippen molar-refractivity contribution in [1.82, 2.24) is 0 Å². The maximum Gasteiger partial charge on any atom is 0.332 e. The van der Waals surface area contributed by atoms with Crippen LogP contribution in [0.1, 0.15) is 5.56 Å². The normalized spacial score (nSPS) is 11.0. The van der Waals surface area contributed by atoms with Crippen molar-refractivity contribution in [2.75, 3.05) is 17.7 Å². The minimum atomic E-state index is -4.81. The van der Waals surface area contributed by atoms with Crippen LogP contribution in [0.3, 0.4) is 0 Å². The van der Waals surface area contributed by atoms with Gasteiger partial charge in [0, 0.05) is 18.5 Å². The fraction of sp³-hybridized carbons (Fsp3) is 0.133. The molecule has 23 heavy (non-hydrogen) atoms. The molecule has 0 saturated carbocycles. The van der Waals surface area contributed by atoms with E-state index in [9.17, 15) is 17.1 Å². The molecule has 0 aliphatic heterocycles. The first kappa shape index (κ1) is 16.9. The van der Waals surface area contributed by atoms with E-state index in [-0.39, 0.29) is 5.69 Å². The molecule has 0 saturated heterocycles. The third kappa shape index (κ3) is 5.04. The first-order valence-electron chi connectivity index (χ1n) is 6.59. The molecule has 0 spiro atoms. The first-order chi connectivity index (χ1) is 10.9. The van der Waals surface area contributed by atoms with Gasteiger partial charge in [0.1, 0.15) is 4.90 Å². The fourth-order valence-corrected chi connectivity index (χ4v) is 2.38. The molecule has 0 heterocycles. The average molecular weight is 338 g/mol. The van der Waals surface area contributed by atoms with Crippen LogP contribution < -0.4 is 10.6 Å². The van der Waals surface area contributed by atoms with Crippen LogP contribution in [-0.4, -0.2) is 21.6 Å². The van der Waals surface area contributed by atoms with Gasteiger partial charge in [-0.25, -0.2) is 4.79 Å². The number of amides is 2. The molecule has 6 nitrogen and oxygen atoms in total. The van der Waals surface area contributed by atoms with E-state index < -0.39 is 21.1 Å². The van der Waals surface area contributed by atoms with Crippen LogP contribution in [-0.2, 0) is 21.6 Å². The molecule has 8 heteroatoms. The summed E-state index contributed by atoms with van der Waals surface area (Å²) >= 11 is 0. The van der Waals surface area contributed by atoms with Crippen LogP contribution in [0.25, 0.3) is 0 Å². The van der Waals surface area contributed by atoms with Crippen molar-refractivity contribution in [1.29, 1.82) is 0 Å². The van der Waals surface area contributed by atoms with Gasteiger partial charge in [0.25, 0.3) is 0 Å². The number of nitrogens with one attached hydrogen (secondary N) is 2. The van der Waals surface area contributed by atoms with Crippen molar-refractivity contribution in [3.05, 3.63) is 54.1 Å². The van der Waals surface area contributed by atoms with Crippen LogP contribution in [0.4, 0.5) is 20.1 Å². The number of benzene rings is 2. The van der Waals surface area contributed by atoms with Gasteiger partial charge in [0.15, 0.2) is 0 Å². The largest absolute Gasteiger partial charge is 0.380 e. The van der Waals surface area contributed by atoms with Crippen molar-refractivity contribution in [3.8, 4) is 0 Å². The summed E-state index contributed by atoms with van der Waals surface area (Å²) in [6, 6.07) is 11.4. The minimum absolute atomic E-state index is 0.164. The highest BCUT2D eigenvalue weighted by Gasteiger charge is 2.12. The molecule has 0 bridgehead atoms. The fourth-order valence-electron chi connectivity index (χ4n) is 1.87. The van der Waals surface area contributed by atoms with Crippen molar-refractivity contribution < 1.29 is 21.8 Å². The van der Waals surface area contributed by atoms with Gasteiger partial charge < -0.3 is 15.4 Å². The number of urea groups is 1. The number of hydrogen-bond donors (Lipinski definition) is 2. The second-order valence-electron chi connectivity index (χ2n) is 4.67. The summed E-state index contributed by atoms with van der Waals surface area (Å²) in [6.45, 7) is 0.469. The summed E-state index contributed by atoms with van der Waals surface area (Å²) in [6.07, 6.45) is 0. The van der Waals surface area contributed by atoms with Crippen molar-refractivity contribution >= 4 is 27.6 Å². The number of methoxy groups -OCH3 is 1. The lowest BCUT2D eigenvalue weighted by molar-refractivity contribution is 0.185. The van der Waals surface area contributed by atoms with Gasteiger partial charge in [0.2, 0.25) is 0 Å². The molecule has 0 unspecified atom stereocenters. The Kier molecular flexibility index (Phi) is 5.30. The quantitative estimate of drug-likeness (QED) is 0.820. The Morgan fingerprint density at radius 1 is 1.09 bits per heavy atom. The standard InChI is InChI=1S/C15H15FN2O4S/c1-22-10-11-5-7-12(8-6-11)17-15(19)18-13-3-2-4-14(9-13)23(16,20)21/h2-9H,10H2,1H3,(H2,17,18,19). The Morgan fingerprint density at radius 3 is 2.35 bits per heavy atom. The van der Waals surface area contributed by atoms with E-state index in [1.165, 1.54) is 12.1 Å². The third-order valence-corrected chi connectivity index (χ3v) is 3.71. The van der Waals surface area contributed by atoms with E-state index in [2.05, 4.69) is 10.6 Å². The number of rotatable bonds is 5. The number of halogens is 1.